The van der Waals surface area contributed by atoms with Crippen LogP contribution in [0.3, 0.4) is 0 Å². The van der Waals surface area contributed by atoms with Gasteiger partial charge in [-0.2, -0.15) is 0 Å². The molecule has 0 bridgehead atoms. The van der Waals surface area contributed by atoms with Crippen molar-refractivity contribution in [3.63, 3.8) is 0 Å². The van der Waals surface area contributed by atoms with Gasteiger partial charge in [0.05, 0.1) is 17.9 Å². The Hall–Kier alpha value is -2.99. The predicted molar refractivity (Wildman–Crippen MR) is 123 cm³/mol. The van der Waals surface area contributed by atoms with Crippen LogP contribution < -0.4 is 10.1 Å². The van der Waals surface area contributed by atoms with Gasteiger partial charge in [0.2, 0.25) is 0 Å². The average Bonchev–Trinajstić information content (AvgIpc) is 3.12. The second-order valence-corrected chi connectivity index (χ2v) is 8.54. The molecule has 0 aliphatic heterocycles. The zero-order chi connectivity index (χ0) is 20.9. The minimum Gasteiger partial charge on any atom is -0.492 e. The van der Waals surface area contributed by atoms with Gasteiger partial charge in [-0.15, -0.1) is 11.3 Å². The van der Waals surface area contributed by atoms with Gasteiger partial charge in [-0.3, -0.25) is 9.78 Å². The normalized spacial score (nSPS) is 15.7. The zero-order valence-electron chi connectivity index (χ0n) is 17.2. The van der Waals surface area contributed by atoms with Gasteiger partial charge < -0.3 is 10.1 Å². The number of rotatable bonds is 6. The first kappa shape index (κ1) is 20.3. The largest absolute Gasteiger partial charge is 0.492 e. The average molecular weight is 420 g/mol. The van der Waals surface area contributed by atoms with Crippen LogP contribution >= 0.6 is 11.3 Å². The number of benzene rings is 1. The van der Waals surface area contributed by atoms with Crippen molar-refractivity contribution in [2.24, 2.45) is 10.9 Å². The van der Waals surface area contributed by atoms with Crippen molar-refractivity contribution >= 4 is 34.1 Å². The minimum atomic E-state index is -0.132. The monoisotopic (exact) mass is 419 g/mol. The highest BCUT2D eigenvalue weighted by Crippen LogP contribution is 2.41. The molecule has 30 heavy (non-hydrogen) atoms. The fourth-order valence-electron chi connectivity index (χ4n) is 3.68. The molecule has 3 aromatic rings. The smallest absolute Gasteiger partial charge is 0.259 e. The van der Waals surface area contributed by atoms with Crippen molar-refractivity contribution in [1.82, 2.24) is 4.98 Å². The third kappa shape index (κ3) is 4.44. The van der Waals surface area contributed by atoms with E-state index in [2.05, 4.69) is 22.2 Å². The Balaban J connectivity index is 1.69. The van der Waals surface area contributed by atoms with E-state index in [0.29, 0.717) is 29.5 Å². The van der Waals surface area contributed by atoms with Gasteiger partial charge in [0, 0.05) is 29.0 Å². The number of hydrogen-bond donors (Lipinski definition) is 1. The fraction of sp³-hybridized carbons (Fsp3) is 0.292. The Bertz CT molecular complexity index is 1060. The van der Waals surface area contributed by atoms with Crippen LogP contribution in [0.1, 0.15) is 46.6 Å². The summed E-state index contributed by atoms with van der Waals surface area (Å²) in [4.78, 5) is 23.5. The summed E-state index contributed by atoms with van der Waals surface area (Å²) in [6.45, 7) is 4.73. The summed E-state index contributed by atoms with van der Waals surface area (Å²) in [7, 11) is 0. The van der Waals surface area contributed by atoms with Gasteiger partial charge in [0.15, 0.2) is 0 Å². The quantitative estimate of drug-likeness (QED) is 0.524. The van der Waals surface area contributed by atoms with Crippen molar-refractivity contribution in [2.45, 2.75) is 33.1 Å². The molecule has 1 aliphatic carbocycles. The SMILES string of the molecule is CCOc1ccccc1NC(=O)c1c(N=Cc2cccnc2)sc2c1CC[C@@H](C)C2. The summed E-state index contributed by atoms with van der Waals surface area (Å²) < 4.78 is 5.67. The number of nitrogens with one attached hydrogen (secondary N) is 1. The first-order chi connectivity index (χ1) is 14.7. The van der Waals surface area contributed by atoms with Gasteiger partial charge >= 0.3 is 0 Å². The lowest BCUT2D eigenvalue weighted by Crippen LogP contribution is -2.17. The molecule has 2 aromatic heterocycles. The number of carbonyl (C=O) groups is 1. The highest BCUT2D eigenvalue weighted by atomic mass is 32.1. The Labute approximate surface area is 180 Å². The first-order valence-electron chi connectivity index (χ1n) is 10.3. The van der Waals surface area contributed by atoms with Crippen LogP contribution in [0.2, 0.25) is 0 Å². The van der Waals surface area contributed by atoms with E-state index < -0.39 is 0 Å². The fourth-order valence-corrected chi connectivity index (χ4v) is 5.03. The molecule has 0 radical (unpaired) electrons. The van der Waals surface area contributed by atoms with E-state index in [0.717, 1.165) is 35.4 Å². The number of carbonyl (C=O) groups excluding carboxylic acids is 1. The van der Waals surface area contributed by atoms with Crippen LogP contribution in [0, 0.1) is 5.92 Å². The number of nitrogens with zero attached hydrogens (tertiary/aromatic N) is 2. The summed E-state index contributed by atoms with van der Waals surface area (Å²) >= 11 is 1.63. The number of amides is 1. The molecule has 1 aliphatic rings. The number of aliphatic imine (C=N–C) groups is 1. The van der Waals surface area contributed by atoms with Crippen molar-refractivity contribution in [2.75, 3.05) is 11.9 Å². The van der Waals surface area contributed by atoms with Gasteiger partial charge in [-0.1, -0.05) is 25.1 Å². The molecule has 4 rings (SSSR count). The molecular weight excluding hydrogens is 394 g/mol. The molecule has 154 valence electrons. The summed E-state index contributed by atoms with van der Waals surface area (Å²) in [5.41, 5.74) is 3.41. The molecule has 1 aromatic carbocycles. The van der Waals surface area contributed by atoms with Crippen molar-refractivity contribution < 1.29 is 9.53 Å². The van der Waals surface area contributed by atoms with Crippen LogP contribution in [0.15, 0.2) is 53.8 Å². The summed E-state index contributed by atoms with van der Waals surface area (Å²) in [6.07, 6.45) is 8.27. The molecule has 2 heterocycles. The number of thiophene rings is 1. The van der Waals surface area contributed by atoms with E-state index in [-0.39, 0.29) is 5.91 Å². The molecule has 0 unspecified atom stereocenters. The van der Waals surface area contributed by atoms with Crippen LogP contribution in [-0.2, 0) is 12.8 Å². The van der Waals surface area contributed by atoms with Crippen LogP contribution in [-0.4, -0.2) is 23.7 Å². The number of hydrogen-bond acceptors (Lipinski definition) is 5. The number of ether oxygens (including phenoxy) is 1. The Morgan fingerprint density at radius 2 is 2.20 bits per heavy atom. The van der Waals surface area contributed by atoms with Crippen LogP contribution in [0.25, 0.3) is 0 Å². The Morgan fingerprint density at radius 1 is 1.33 bits per heavy atom. The molecular formula is C24H25N3O2S. The lowest BCUT2D eigenvalue weighted by atomic mass is 9.88. The molecule has 0 saturated heterocycles. The molecule has 0 fully saturated rings. The van der Waals surface area contributed by atoms with Gasteiger partial charge in [-0.05, 0) is 55.9 Å². The highest BCUT2D eigenvalue weighted by Gasteiger charge is 2.27. The second kappa shape index (κ2) is 9.22. The van der Waals surface area contributed by atoms with Crippen molar-refractivity contribution in [3.05, 3.63) is 70.4 Å². The highest BCUT2D eigenvalue weighted by molar-refractivity contribution is 7.16. The summed E-state index contributed by atoms with van der Waals surface area (Å²) in [6, 6.07) is 11.3. The van der Waals surface area contributed by atoms with E-state index >= 15 is 0 Å². The molecule has 1 N–H and O–H groups in total. The van der Waals surface area contributed by atoms with E-state index in [1.54, 1.807) is 29.9 Å². The zero-order valence-corrected chi connectivity index (χ0v) is 18.0. The maximum absolute atomic E-state index is 13.4. The molecule has 1 amide bonds. The molecule has 5 nitrogen and oxygen atoms in total. The van der Waals surface area contributed by atoms with Crippen molar-refractivity contribution in [1.29, 1.82) is 0 Å². The van der Waals surface area contributed by atoms with E-state index in [1.807, 2.05) is 43.3 Å². The van der Waals surface area contributed by atoms with E-state index in [1.165, 1.54) is 4.88 Å². The third-order valence-electron chi connectivity index (χ3n) is 5.17. The van der Waals surface area contributed by atoms with Gasteiger partial charge in [0.1, 0.15) is 10.8 Å². The first-order valence-corrected chi connectivity index (χ1v) is 11.1. The summed E-state index contributed by atoms with van der Waals surface area (Å²) in [5, 5.41) is 3.81. The number of aromatic nitrogens is 1. The minimum absolute atomic E-state index is 0.132. The lowest BCUT2D eigenvalue weighted by Gasteiger charge is -2.19. The van der Waals surface area contributed by atoms with E-state index in [9.17, 15) is 4.79 Å². The van der Waals surface area contributed by atoms with E-state index in [4.69, 9.17) is 4.74 Å². The van der Waals surface area contributed by atoms with Crippen LogP contribution in [0.5, 0.6) is 5.75 Å². The number of pyridine rings is 1. The third-order valence-corrected chi connectivity index (χ3v) is 6.33. The maximum atomic E-state index is 13.4. The standard InChI is InChI=1S/C24H25N3O2S/c1-3-29-20-9-5-4-8-19(20)27-23(28)22-18-11-10-16(2)13-21(18)30-24(22)26-15-17-7-6-12-25-14-17/h4-9,12,14-16H,3,10-11,13H2,1-2H3,(H,27,28)/t16-/m1/s1. The summed E-state index contributed by atoms with van der Waals surface area (Å²) in [5.74, 6) is 1.17. The number of fused-ring (bicyclic) bond motifs is 1. The Kier molecular flexibility index (Phi) is 6.23. The predicted octanol–water partition coefficient (Wildman–Crippen LogP) is 5.67. The second-order valence-electron chi connectivity index (χ2n) is 7.46. The van der Waals surface area contributed by atoms with Crippen LogP contribution in [0.4, 0.5) is 10.7 Å². The van der Waals surface area contributed by atoms with Crippen molar-refractivity contribution in [3.8, 4) is 5.75 Å². The van der Waals surface area contributed by atoms with Gasteiger partial charge in [-0.25, -0.2) is 4.99 Å². The molecule has 0 saturated carbocycles. The van der Waals surface area contributed by atoms with Gasteiger partial charge in [0.25, 0.3) is 5.91 Å². The number of para-hydroxylation sites is 2. The molecule has 0 spiro atoms. The molecule has 6 heteroatoms. The topological polar surface area (TPSA) is 63.6 Å². The molecule has 1 atom stereocenters. The Morgan fingerprint density at radius 3 is 3.00 bits per heavy atom. The lowest BCUT2D eigenvalue weighted by molar-refractivity contribution is 0.102. The maximum Gasteiger partial charge on any atom is 0.259 e. The number of anilines is 1.